The van der Waals surface area contributed by atoms with Gasteiger partial charge >= 0.3 is 0 Å². The first-order chi connectivity index (χ1) is 12.2. The molecule has 0 saturated carbocycles. The zero-order valence-corrected chi connectivity index (χ0v) is 13.6. The third kappa shape index (κ3) is 3.00. The fourth-order valence-corrected chi connectivity index (χ4v) is 2.78. The third-order valence-electron chi connectivity index (χ3n) is 4.05. The molecule has 0 spiro atoms. The van der Waals surface area contributed by atoms with E-state index in [1.807, 2.05) is 18.2 Å². The predicted octanol–water partition coefficient (Wildman–Crippen LogP) is 3.16. The van der Waals surface area contributed by atoms with Gasteiger partial charge in [0.1, 0.15) is 12.1 Å². The Labute approximate surface area is 143 Å². The first-order valence-corrected chi connectivity index (χ1v) is 7.85. The van der Waals surface area contributed by atoms with Crippen LogP contribution in [0.5, 0.6) is 17.2 Å². The number of anilines is 1. The lowest BCUT2D eigenvalue weighted by atomic mass is 10.1. The molecule has 2 heterocycles. The molecule has 0 aliphatic carbocycles. The van der Waals surface area contributed by atoms with Crippen LogP contribution < -0.4 is 19.5 Å². The molecule has 0 saturated heterocycles. The van der Waals surface area contributed by atoms with Crippen LogP contribution in [-0.4, -0.2) is 30.4 Å². The number of benzene rings is 2. The molecule has 25 heavy (non-hydrogen) atoms. The summed E-state index contributed by atoms with van der Waals surface area (Å²) in [5.41, 5.74) is 1.65. The number of nitrogens with zero attached hydrogens (tertiary/aromatic N) is 2. The first kappa shape index (κ1) is 15.4. The first-order valence-electron chi connectivity index (χ1n) is 7.85. The molecule has 1 aliphatic heterocycles. The Hall–Kier alpha value is -3.09. The highest BCUT2D eigenvalue weighted by atomic mass is 19.1. The van der Waals surface area contributed by atoms with Gasteiger partial charge < -0.3 is 19.5 Å². The van der Waals surface area contributed by atoms with Gasteiger partial charge in [0, 0.05) is 18.0 Å². The molecule has 1 aromatic heterocycles. The maximum atomic E-state index is 13.8. The van der Waals surface area contributed by atoms with Crippen molar-refractivity contribution in [1.29, 1.82) is 0 Å². The van der Waals surface area contributed by atoms with Crippen molar-refractivity contribution < 1.29 is 18.6 Å². The minimum absolute atomic E-state index is 0.168. The Balaban J connectivity index is 1.51. The largest absolute Gasteiger partial charge is 0.494 e. The minimum atomic E-state index is -0.444. The Morgan fingerprint density at radius 1 is 1.16 bits per heavy atom. The van der Waals surface area contributed by atoms with Crippen LogP contribution in [0.1, 0.15) is 5.56 Å². The summed E-state index contributed by atoms with van der Waals surface area (Å²) < 4.78 is 29.5. The van der Waals surface area contributed by atoms with Crippen molar-refractivity contribution in [3.8, 4) is 17.2 Å². The van der Waals surface area contributed by atoms with Crippen LogP contribution in [0, 0.1) is 5.82 Å². The lowest BCUT2D eigenvalue weighted by molar-refractivity contribution is 0.174. The molecule has 6 nitrogen and oxygen atoms in total. The average Bonchev–Trinajstić information content (AvgIpc) is 3.09. The molecule has 0 amide bonds. The summed E-state index contributed by atoms with van der Waals surface area (Å²) in [6.45, 7) is 0.924. The Morgan fingerprint density at radius 3 is 2.92 bits per heavy atom. The molecule has 0 fully saturated rings. The van der Waals surface area contributed by atoms with E-state index in [0.717, 1.165) is 23.5 Å². The van der Waals surface area contributed by atoms with Crippen molar-refractivity contribution in [2.45, 2.75) is 6.42 Å². The molecule has 4 rings (SSSR count). The molecule has 1 N–H and O–H groups in total. The Morgan fingerprint density at radius 2 is 2.04 bits per heavy atom. The van der Waals surface area contributed by atoms with Crippen LogP contribution in [0.25, 0.3) is 10.9 Å². The molecule has 0 bridgehead atoms. The second-order valence-corrected chi connectivity index (χ2v) is 5.59. The SMILES string of the molecule is COc1cc2c(NCCc3ccc4c(c3)OCO4)ncnc2cc1F. The van der Waals surface area contributed by atoms with Gasteiger partial charge in [0.25, 0.3) is 0 Å². The van der Waals surface area contributed by atoms with Gasteiger partial charge in [-0.05, 0) is 30.2 Å². The zero-order valence-electron chi connectivity index (χ0n) is 13.6. The van der Waals surface area contributed by atoms with E-state index in [1.54, 1.807) is 6.07 Å². The third-order valence-corrected chi connectivity index (χ3v) is 4.05. The predicted molar refractivity (Wildman–Crippen MR) is 90.8 cm³/mol. The van der Waals surface area contributed by atoms with Gasteiger partial charge in [-0.15, -0.1) is 0 Å². The molecule has 128 valence electrons. The van der Waals surface area contributed by atoms with Gasteiger partial charge in [0.05, 0.1) is 12.6 Å². The van der Waals surface area contributed by atoms with E-state index >= 15 is 0 Å². The van der Waals surface area contributed by atoms with Crippen LogP contribution in [0.3, 0.4) is 0 Å². The second-order valence-electron chi connectivity index (χ2n) is 5.59. The van der Waals surface area contributed by atoms with E-state index < -0.39 is 5.82 Å². The number of aromatic nitrogens is 2. The molecular formula is C18H16FN3O3. The zero-order chi connectivity index (χ0) is 17.2. The minimum Gasteiger partial charge on any atom is -0.494 e. The molecule has 2 aromatic carbocycles. The molecule has 0 atom stereocenters. The quantitative estimate of drug-likeness (QED) is 0.769. The average molecular weight is 341 g/mol. The van der Waals surface area contributed by atoms with E-state index in [4.69, 9.17) is 14.2 Å². The number of halogens is 1. The van der Waals surface area contributed by atoms with Crippen molar-refractivity contribution in [1.82, 2.24) is 9.97 Å². The van der Waals surface area contributed by atoms with E-state index in [0.29, 0.717) is 23.3 Å². The highest BCUT2D eigenvalue weighted by Gasteiger charge is 2.13. The summed E-state index contributed by atoms with van der Waals surface area (Å²) in [4.78, 5) is 8.36. The van der Waals surface area contributed by atoms with Crippen molar-refractivity contribution in [3.63, 3.8) is 0 Å². The summed E-state index contributed by atoms with van der Waals surface area (Å²) in [5.74, 6) is 1.91. The number of fused-ring (bicyclic) bond motifs is 2. The van der Waals surface area contributed by atoms with Crippen molar-refractivity contribution in [2.24, 2.45) is 0 Å². The van der Waals surface area contributed by atoms with E-state index in [1.165, 1.54) is 19.5 Å². The van der Waals surface area contributed by atoms with Crippen molar-refractivity contribution in [3.05, 3.63) is 48.0 Å². The molecule has 0 unspecified atom stereocenters. The molecule has 7 heteroatoms. The number of rotatable bonds is 5. The summed E-state index contributed by atoms with van der Waals surface area (Å²) in [5, 5.41) is 3.99. The lowest BCUT2D eigenvalue weighted by Crippen LogP contribution is -2.07. The van der Waals surface area contributed by atoms with Crippen LogP contribution >= 0.6 is 0 Å². The highest BCUT2D eigenvalue weighted by Crippen LogP contribution is 2.32. The van der Waals surface area contributed by atoms with Gasteiger partial charge in [-0.1, -0.05) is 6.07 Å². The van der Waals surface area contributed by atoms with Crippen LogP contribution in [0.4, 0.5) is 10.2 Å². The molecule has 3 aromatic rings. The highest BCUT2D eigenvalue weighted by molar-refractivity contribution is 5.90. The number of hydrogen-bond acceptors (Lipinski definition) is 6. The lowest BCUT2D eigenvalue weighted by Gasteiger charge is -2.10. The van der Waals surface area contributed by atoms with Crippen molar-refractivity contribution >= 4 is 16.7 Å². The Kier molecular flexibility index (Phi) is 3.97. The van der Waals surface area contributed by atoms with E-state index in [-0.39, 0.29) is 12.5 Å². The topological polar surface area (TPSA) is 65.5 Å². The summed E-state index contributed by atoms with van der Waals surface area (Å²) in [6.07, 6.45) is 2.19. The maximum Gasteiger partial charge on any atom is 0.231 e. The number of ether oxygens (including phenoxy) is 3. The van der Waals surface area contributed by atoms with E-state index in [9.17, 15) is 4.39 Å². The van der Waals surface area contributed by atoms with Crippen LogP contribution in [-0.2, 0) is 6.42 Å². The van der Waals surface area contributed by atoms with Gasteiger partial charge in [-0.2, -0.15) is 0 Å². The number of methoxy groups -OCH3 is 1. The number of nitrogens with one attached hydrogen (secondary N) is 1. The van der Waals surface area contributed by atoms with E-state index in [2.05, 4.69) is 15.3 Å². The second kappa shape index (κ2) is 6.43. The van der Waals surface area contributed by atoms with Crippen molar-refractivity contribution in [2.75, 3.05) is 25.8 Å². The summed E-state index contributed by atoms with van der Waals surface area (Å²) in [6, 6.07) is 8.84. The van der Waals surface area contributed by atoms with Gasteiger partial charge in [-0.25, -0.2) is 14.4 Å². The van der Waals surface area contributed by atoms with Gasteiger partial charge in [0.2, 0.25) is 6.79 Å². The monoisotopic (exact) mass is 341 g/mol. The maximum absolute atomic E-state index is 13.8. The molecule has 0 radical (unpaired) electrons. The van der Waals surface area contributed by atoms with Gasteiger partial charge in [-0.3, -0.25) is 0 Å². The summed E-state index contributed by atoms with van der Waals surface area (Å²) >= 11 is 0. The van der Waals surface area contributed by atoms with Crippen LogP contribution in [0.15, 0.2) is 36.7 Å². The van der Waals surface area contributed by atoms with Gasteiger partial charge in [0.15, 0.2) is 23.1 Å². The smallest absolute Gasteiger partial charge is 0.231 e. The molecule has 1 aliphatic rings. The normalized spacial score (nSPS) is 12.4. The summed E-state index contributed by atoms with van der Waals surface area (Å²) in [7, 11) is 1.43. The fourth-order valence-electron chi connectivity index (χ4n) is 2.78. The fraction of sp³-hybridized carbons (Fsp3) is 0.222. The number of hydrogen-bond donors (Lipinski definition) is 1. The van der Waals surface area contributed by atoms with Crippen LogP contribution in [0.2, 0.25) is 0 Å². The Bertz CT molecular complexity index is 933. The molecular weight excluding hydrogens is 325 g/mol. The standard InChI is InChI=1S/C18H16FN3O3/c1-23-16-7-12-14(8-13(16)19)21-9-22-18(12)20-5-4-11-2-3-15-17(6-11)25-10-24-15/h2-3,6-9H,4-5,10H2,1H3,(H,20,21,22).